The molecule has 1 unspecified atom stereocenters. The minimum Gasteiger partial charge on any atom is -0.475 e. The first-order chi connectivity index (χ1) is 15.8. The quantitative estimate of drug-likeness (QED) is 0.559. The van der Waals surface area contributed by atoms with Gasteiger partial charge in [-0.3, -0.25) is 0 Å². The van der Waals surface area contributed by atoms with Crippen molar-refractivity contribution in [3.63, 3.8) is 0 Å². The molecule has 13 nitrogen and oxygen atoms in total. The van der Waals surface area contributed by atoms with Crippen LogP contribution in [0.4, 0.5) is 20.1 Å². The Kier molecular flexibility index (Phi) is 8.29. The Balaban J connectivity index is 2.29. The van der Waals surface area contributed by atoms with Gasteiger partial charge in [0.1, 0.15) is 23.9 Å². The number of hydrogen-bond acceptors (Lipinski definition) is 9. The average molecular weight is 581 g/mol. The van der Waals surface area contributed by atoms with E-state index in [-0.39, 0.29) is 29.2 Å². The molecule has 1 atom stereocenters. The maximum Gasteiger partial charge on any atom is 0.424 e. The molecule has 0 radical (unpaired) electrons. The number of amides is 3. The third kappa shape index (κ3) is 7.18. The standard InChI is InChI=1S/C20H29BrN4O9S/c1-19(2,3)33-17(28)24(18(29)34-20(4,5)6)12-8-14(21)15(22-9-12)32-11-13-10-23(7)35(30,31)25(13)16(26)27/h8-9,13H,10-11H2,1-7H3,(H,26,27). The molecule has 15 heteroatoms. The molecule has 1 fully saturated rings. The molecular weight excluding hydrogens is 552 g/mol. The molecule has 1 aromatic heterocycles. The molecule has 0 aromatic carbocycles. The van der Waals surface area contributed by atoms with Gasteiger partial charge in [-0.05, 0) is 63.5 Å². The van der Waals surface area contributed by atoms with E-state index in [1.807, 2.05) is 0 Å². The van der Waals surface area contributed by atoms with Gasteiger partial charge in [0, 0.05) is 13.6 Å². The number of halogens is 1. The zero-order valence-electron chi connectivity index (χ0n) is 20.4. The van der Waals surface area contributed by atoms with E-state index >= 15 is 0 Å². The highest BCUT2D eigenvalue weighted by Gasteiger charge is 2.45. The predicted molar refractivity (Wildman–Crippen MR) is 128 cm³/mol. The number of carboxylic acid groups (broad SMARTS) is 1. The predicted octanol–water partition coefficient (Wildman–Crippen LogP) is 3.44. The van der Waals surface area contributed by atoms with Crippen molar-refractivity contribution in [2.24, 2.45) is 0 Å². The number of aromatic nitrogens is 1. The van der Waals surface area contributed by atoms with Crippen LogP contribution in [-0.2, 0) is 19.7 Å². The summed E-state index contributed by atoms with van der Waals surface area (Å²) in [7, 11) is -2.89. The van der Waals surface area contributed by atoms with Gasteiger partial charge < -0.3 is 19.3 Å². The highest BCUT2D eigenvalue weighted by atomic mass is 79.9. The maximum absolute atomic E-state index is 12.8. The van der Waals surface area contributed by atoms with Crippen molar-refractivity contribution in [2.45, 2.75) is 58.8 Å². The van der Waals surface area contributed by atoms with Crippen LogP contribution in [0.3, 0.4) is 0 Å². The molecule has 0 spiro atoms. The van der Waals surface area contributed by atoms with Crippen LogP contribution < -0.4 is 9.64 Å². The lowest BCUT2D eigenvalue weighted by atomic mass is 10.2. The highest BCUT2D eigenvalue weighted by Crippen LogP contribution is 2.30. The van der Waals surface area contributed by atoms with Gasteiger partial charge in [0.25, 0.3) is 0 Å². The summed E-state index contributed by atoms with van der Waals surface area (Å²) in [6.07, 6.45) is -2.42. The Bertz CT molecular complexity index is 1070. The summed E-state index contributed by atoms with van der Waals surface area (Å²) < 4.78 is 42.0. The second-order valence-corrected chi connectivity index (χ2v) is 12.4. The van der Waals surface area contributed by atoms with Crippen LogP contribution in [0.5, 0.6) is 5.88 Å². The fourth-order valence-corrected chi connectivity index (χ4v) is 4.71. The SMILES string of the molecule is CN1CC(COc2ncc(N(C(=O)OC(C)(C)C)C(=O)OC(C)(C)C)cc2Br)N(C(=O)O)S1(=O)=O. The summed E-state index contributed by atoms with van der Waals surface area (Å²) in [5, 5.41) is 9.30. The van der Waals surface area contributed by atoms with Crippen LogP contribution in [0.25, 0.3) is 0 Å². The van der Waals surface area contributed by atoms with Gasteiger partial charge in [-0.15, -0.1) is 0 Å². The van der Waals surface area contributed by atoms with E-state index in [0.29, 0.717) is 9.21 Å². The topological polar surface area (TPSA) is 156 Å². The largest absolute Gasteiger partial charge is 0.475 e. The fourth-order valence-electron chi connectivity index (χ4n) is 2.90. The monoisotopic (exact) mass is 580 g/mol. The molecule has 196 valence electrons. The van der Waals surface area contributed by atoms with Crippen LogP contribution in [0.15, 0.2) is 16.7 Å². The number of pyridine rings is 1. The summed E-state index contributed by atoms with van der Waals surface area (Å²) >= 11 is 3.25. The molecule has 0 saturated carbocycles. The first kappa shape index (κ1) is 28.6. The third-order valence-electron chi connectivity index (χ3n) is 4.25. The van der Waals surface area contributed by atoms with E-state index in [2.05, 4.69) is 20.9 Å². The number of carbonyl (C=O) groups is 3. The summed E-state index contributed by atoms with van der Waals surface area (Å²) in [4.78, 5) is 41.8. The molecule has 2 rings (SSSR count). The van der Waals surface area contributed by atoms with E-state index in [1.165, 1.54) is 19.3 Å². The van der Waals surface area contributed by atoms with Crippen LogP contribution in [0.1, 0.15) is 41.5 Å². The van der Waals surface area contributed by atoms with Crippen molar-refractivity contribution >= 4 is 50.1 Å². The number of nitrogens with zero attached hydrogens (tertiary/aromatic N) is 4. The lowest BCUT2D eigenvalue weighted by Crippen LogP contribution is -2.44. The van der Waals surface area contributed by atoms with Crippen molar-refractivity contribution < 1.29 is 42.1 Å². The van der Waals surface area contributed by atoms with Crippen molar-refractivity contribution in [1.82, 2.24) is 13.6 Å². The van der Waals surface area contributed by atoms with Crippen molar-refractivity contribution in [3.05, 3.63) is 16.7 Å². The number of rotatable bonds is 4. The number of anilines is 1. The number of imide groups is 1. The van der Waals surface area contributed by atoms with Crippen LogP contribution in [-0.4, -0.2) is 82.8 Å². The minimum atomic E-state index is -4.15. The Labute approximate surface area is 212 Å². The van der Waals surface area contributed by atoms with Gasteiger partial charge in [0.2, 0.25) is 5.88 Å². The zero-order valence-corrected chi connectivity index (χ0v) is 22.8. The van der Waals surface area contributed by atoms with Gasteiger partial charge in [0.05, 0.1) is 16.4 Å². The van der Waals surface area contributed by atoms with Gasteiger partial charge in [0.15, 0.2) is 0 Å². The lowest BCUT2D eigenvalue weighted by molar-refractivity contribution is 0.0430. The first-order valence-corrected chi connectivity index (χ1v) is 12.6. The molecule has 1 aliphatic rings. The van der Waals surface area contributed by atoms with E-state index < -0.39 is 45.7 Å². The van der Waals surface area contributed by atoms with Gasteiger partial charge in [-0.2, -0.15) is 21.9 Å². The summed E-state index contributed by atoms with van der Waals surface area (Å²) in [5.74, 6) is -0.0145. The third-order valence-corrected chi connectivity index (χ3v) is 6.70. The number of hydrogen-bond donors (Lipinski definition) is 1. The second-order valence-electron chi connectivity index (χ2n) is 9.61. The summed E-state index contributed by atoms with van der Waals surface area (Å²) in [6.45, 7) is 9.44. The van der Waals surface area contributed by atoms with Gasteiger partial charge in [-0.1, -0.05) is 0 Å². The normalized spacial score (nSPS) is 18.2. The highest BCUT2D eigenvalue weighted by molar-refractivity contribution is 9.10. The van der Waals surface area contributed by atoms with Crippen LogP contribution in [0.2, 0.25) is 0 Å². The van der Waals surface area contributed by atoms with Gasteiger partial charge in [-0.25, -0.2) is 19.4 Å². The summed E-state index contributed by atoms with van der Waals surface area (Å²) in [5.41, 5.74) is -1.77. The van der Waals surface area contributed by atoms with E-state index in [9.17, 15) is 27.9 Å². The molecule has 1 saturated heterocycles. The molecule has 2 heterocycles. The molecule has 3 amide bonds. The average Bonchev–Trinajstić information content (AvgIpc) is 2.86. The molecule has 35 heavy (non-hydrogen) atoms. The Morgan fingerprint density at radius 1 is 1.14 bits per heavy atom. The summed E-state index contributed by atoms with van der Waals surface area (Å²) in [6, 6.07) is 0.360. The first-order valence-electron chi connectivity index (χ1n) is 10.4. The van der Waals surface area contributed by atoms with Crippen LogP contribution in [0, 0.1) is 0 Å². The molecular formula is C20H29BrN4O9S. The smallest absolute Gasteiger partial charge is 0.424 e. The Morgan fingerprint density at radius 2 is 1.66 bits per heavy atom. The maximum atomic E-state index is 12.8. The minimum absolute atomic E-state index is 0.0145. The lowest BCUT2D eigenvalue weighted by Gasteiger charge is -2.28. The molecule has 0 bridgehead atoms. The van der Waals surface area contributed by atoms with Crippen molar-refractivity contribution in [2.75, 3.05) is 25.1 Å². The molecule has 1 aliphatic heterocycles. The molecule has 1 aromatic rings. The Hall–Kier alpha value is -2.65. The van der Waals surface area contributed by atoms with Crippen LogP contribution >= 0.6 is 15.9 Å². The zero-order chi connectivity index (χ0) is 26.9. The van der Waals surface area contributed by atoms with Crippen molar-refractivity contribution in [1.29, 1.82) is 0 Å². The Morgan fingerprint density at radius 3 is 2.09 bits per heavy atom. The second kappa shape index (κ2) is 10.1. The van der Waals surface area contributed by atoms with E-state index in [4.69, 9.17) is 14.2 Å². The molecule has 0 aliphatic carbocycles. The van der Waals surface area contributed by atoms with Crippen molar-refractivity contribution in [3.8, 4) is 5.88 Å². The fraction of sp³-hybridized carbons (Fsp3) is 0.600. The number of ether oxygens (including phenoxy) is 3. The number of carbonyl (C=O) groups excluding carboxylic acids is 2. The van der Waals surface area contributed by atoms with Gasteiger partial charge >= 0.3 is 28.5 Å². The van der Waals surface area contributed by atoms with E-state index in [0.717, 1.165) is 4.31 Å². The molecule has 1 N–H and O–H groups in total. The number of likely N-dealkylation sites (N-methyl/N-ethyl adjacent to an activating group) is 1. The van der Waals surface area contributed by atoms with E-state index in [1.54, 1.807) is 41.5 Å².